The lowest BCUT2D eigenvalue weighted by molar-refractivity contribution is -0.122. The largest absolute Gasteiger partial charge is 0.497 e. The Kier molecular flexibility index (Phi) is 7.51. The second-order valence-electron chi connectivity index (χ2n) is 7.76. The molecule has 1 aliphatic rings. The van der Waals surface area contributed by atoms with Gasteiger partial charge in [0.2, 0.25) is 5.88 Å². The number of para-hydroxylation sites is 1. The zero-order valence-corrected chi connectivity index (χ0v) is 19.2. The highest BCUT2D eigenvalue weighted by atomic mass is 16.6. The van der Waals surface area contributed by atoms with Gasteiger partial charge in [-0.3, -0.25) is 14.3 Å². The van der Waals surface area contributed by atoms with Crippen LogP contribution in [0.2, 0.25) is 0 Å². The zero-order chi connectivity index (χ0) is 23.9. The molecule has 1 saturated heterocycles. The van der Waals surface area contributed by atoms with E-state index >= 15 is 0 Å². The van der Waals surface area contributed by atoms with Crippen molar-refractivity contribution in [2.75, 3.05) is 40.0 Å². The highest BCUT2D eigenvalue weighted by molar-refractivity contribution is 5.98. The molecule has 0 aliphatic carbocycles. The van der Waals surface area contributed by atoms with Crippen molar-refractivity contribution in [2.45, 2.75) is 13.6 Å². The van der Waals surface area contributed by atoms with Crippen molar-refractivity contribution in [3.63, 3.8) is 0 Å². The van der Waals surface area contributed by atoms with E-state index in [0.29, 0.717) is 31.0 Å². The van der Waals surface area contributed by atoms with Crippen LogP contribution in [0.25, 0.3) is 10.9 Å². The molecule has 1 N–H and O–H groups in total. The summed E-state index contributed by atoms with van der Waals surface area (Å²) in [6.45, 7) is 4.74. The number of amides is 1. The molecule has 10 nitrogen and oxygen atoms in total. The Bertz CT molecular complexity index is 1200. The highest BCUT2D eigenvalue weighted by Gasteiger charge is 2.20. The monoisotopic (exact) mass is 465 g/mol. The summed E-state index contributed by atoms with van der Waals surface area (Å²) in [4.78, 5) is 19.5. The van der Waals surface area contributed by atoms with E-state index in [-0.39, 0.29) is 18.2 Å². The number of hydrogen-bond donors (Lipinski definition) is 1. The minimum atomic E-state index is -0.615. The Morgan fingerprint density at radius 2 is 1.85 bits per heavy atom. The molecule has 4 rings (SSSR count). The third-order valence-corrected chi connectivity index (χ3v) is 5.52. The van der Waals surface area contributed by atoms with Crippen molar-refractivity contribution < 1.29 is 24.2 Å². The van der Waals surface area contributed by atoms with Crippen molar-refractivity contribution in [3.05, 3.63) is 54.1 Å². The summed E-state index contributed by atoms with van der Waals surface area (Å²) in [6.07, 6.45) is 0. The standard InChI is InChI=1S/C24H27N5O5/c1-17(18-7-9-19(32-2)10-8-18)27-34-15-22(30)25-26-23-20-5-3-4-6-21(20)29(24(23)31)16-28-11-13-33-14-12-28/h3-10,31H,11-16H2,1-2H3/b26-25?,27-17+. The lowest BCUT2D eigenvalue weighted by Crippen LogP contribution is -2.37. The summed E-state index contributed by atoms with van der Waals surface area (Å²) in [5, 5.41) is 23.3. The van der Waals surface area contributed by atoms with E-state index in [1.54, 1.807) is 18.6 Å². The number of benzene rings is 2. The second kappa shape index (κ2) is 10.9. The molecule has 1 fully saturated rings. The van der Waals surface area contributed by atoms with Gasteiger partial charge in [-0.2, -0.15) is 0 Å². The summed E-state index contributed by atoms with van der Waals surface area (Å²) >= 11 is 0. The number of aromatic nitrogens is 1. The predicted octanol–water partition coefficient (Wildman–Crippen LogP) is 3.70. The van der Waals surface area contributed by atoms with Crippen LogP contribution in [0.5, 0.6) is 11.6 Å². The van der Waals surface area contributed by atoms with Crippen LogP contribution < -0.4 is 4.74 Å². The Morgan fingerprint density at radius 3 is 2.59 bits per heavy atom. The molecule has 1 amide bonds. The van der Waals surface area contributed by atoms with Gasteiger partial charge in [-0.15, -0.1) is 10.2 Å². The fourth-order valence-corrected chi connectivity index (χ4v) is 3.66. The molecule has 34 heavy (non-hydrogen) atoms. The van der Waals surface area contributed by atoms with Gasteiger partial charge in [-0.1, -0.05) is 23.4 Å². The van der Waals surface area contributed by atoms with E-state index in [1.807, 2.05) is 48.5 Å². The SMILES string of the molecule is COc1ccc(/C(C)=N/OCC(=O)N=Nc2c(O)n(CN3CCOCC3)c3ccccc23)cc1. The predicted molar refractivity (Wildman–Crippen MR) is 127 cm³/mol. The van der Waals surface area contributed by atoms with E-state index in [9.17, 15) is 9.90 Å². The molecule has 1 aromatic heterocycles. The molecule has 2 aromatic carbocycles. The van der Waals surface area contributed by atoms with Crippen molar-refractivity contribution >= 4 is 28.2 Å². The maximum atomic E-state index is 12.2. The van der Waals surface area contributed by atoms with Crippen LogP contribution >= 0.6 is 0 Å². The van der Waals surface area contributed by atoms with Crippen LogP contribution in [-0.4, -0.2) is 66.2 Å². The molecule has 0 atom stereocenters. The molecule has 10 heteroatoms. The van der Waals surface area contributed by atoms with E-state index in [0.717, 1.165) is 29.9 Å². The first-order chi connectivity index (χ1) is 16.6. The minimum absolute atomic E-state index is 0.0430. The summed E-state index contributed by atoms with van der Waals surface area (Å²) < 4.78 is 12.3. The van der Waals surface area contributed by atoms with Gasteiger partial charge in [0.15, 0.2) is 12.3 Å². The number of carbonyl (C=O) groups excluding carboxylic acids is 1. The van der Waals surface area contributed by atoms with Crippen LogP contribution in [0.15, 0.2) is 63.9 Å². The summed E-state index contributed by atoms with van der Waals surface area (Å²) in [6, 6.07) is 14.8. The number of methoxy groups -OCH3 is 1. The Morgan fingerprint density at radius 1 is 1.12 bits per heavy atom. The lowest BCUT2D eigenvalue weighted by atomic mass is 10.1. The maximum Gasteiger partial charge on any atom is 0.304 e. The topological polar surface area (TPSA) is 110 Å². The first-order valence-electron chi connectivity index (χ1n) is 10.9. The van der Waals surface area contributed by atoms with Crippen LogP contribution in [0.3, 0.4) is 0 Å². The first-order valence-corrected chi connectivity index (χ1v) is 10.9. The van der Waals surface area contributed by atoms with Crippen LogP contribution in [0.4, 0.5) is 5.69 Å². The summed E-state index contributed by atoms with van der Waals surface area (Å²) in [7, 11) is 1.60. The molecule has 0 saturated carbocycles. The quantitative estimate of drug-likeness (QED) is 0.309. The van der Waals surface area contributed by atoms with Crippen molar-refractivity contribution in [2.24, 2.45) is 15.4 Å². The second-order valence-corrected chi connectivity index (χ2v) is 7.76. The third-order valence-electron chi connectivity index (χ3n) is 5.52. The molecule has 0 bridgehead atoms. The molecule has 0 spiro atoms. The number of nitrogens with zero attached hydrogens (tertiary/aromatic N) is 5. The minimum Gasteiger partial charge on any atom is -0.497 e. The van der Waals surface area contributed by atoms with Gasteiger partial charge in [0.05, 0.1) is 38.2 Å². The molecule has 178 valence electrons. The average Bonchev–Trinajstić information content (AvgIpc) is 3.14. The Hall–Kier alpha value is -3.76. The molecule has 0 unspecified atom stereocenters. The molecule has 1 aliphatic heterocycles. The van der Waals surface area contributed by atoms with Crippen molar-refractivity contribution in [3.8, 4) is 11.6 Å². The molecule has 0 radical (unpaired) electrons. The van der Waals surface area contributed by atoms with Gasteiger partial charge in [0.1, 0.15) is 5.75 Å². The smallest absolute Gasteiger partial charge is 0.304 e. The van der Waals surface area contributed by atoms with E-state index < -0.39 is 5.91 Å². The Labute approximate surface area is 197 Å². The van der Waals surface area contributed by atoms with Gasteiger partial charge < -0.3 is 19.4 Å². The van der Waals surface area contributed by atoms with Crippen molar-refractivity contribution in [1.29, 1.82) is 0 Å². The zero-order valence-electron chi connectivity index (χ0n) is 19.2. The number of fused-ring (bicyclic) bond motifs is 1. The highest BCUT2D eigenvalue weighted by Crippen LogP contribution is 2.39. The normalized spacial score (nSPS) is 15.2. The van der Waals surface area contributed by atoms with Gasteiger partial charge in [0.25, 0.3) is 0 Å². The van der Waals surface area contributed by atoms with E-state index in [2.05, 4.69) is 20.3 Å². The number of hydrogen-bond acceptors (Lipinski definition) is 8. The van der Waals surface area contributed by atoms with Crippen LogP contribution in [-0.2, 0) is 21.0 Å². The molecule has 3 aromatic rings. The van der Waals surface area contributed by atoms with Gasteiger partial charge in [0, 0.05) is 18.5 Å². The van der Waals surface area contributed by atoms with Gasteiger partial charge in [-0.05, 0) is 42.8 Å². The summed E-state index contributed by atoms with van der Waals surface area (Å²) in [5.74, 6) is 0.0804. The van der Waals surface area contributed by atoms with E-state index in [4.69, 9.17) is 14.3 Å². The number of ether oxygens (including phenoxy) is 2. The first kappa shape index (κ1) is 23.4. The number of morpholine rings is 1. The molecule has 2 heterocycles. The number of aromatic hydroxyl groups is 1. The van der Waals surface area contributed by atoms with Crippen LogP contribution in [0, 0.1) is 0 Å². The molecular weight excluding hydrogens is 438 g/mol. The number of oxime groups is 1. The lowest BCUT2D eigenvalue weighted by Gasteiger charge is -2.27. The van der Waals surface area contributed by atoms with E-state index in [1.165, 1.54) is 0 Å². The van der Waals surface area contributed by atoms with Crippen LogP contribution in [0.1, 0.15) is 12.5 Å². The third kappa shape index (κ3) is 5.41. The fourth-order valence-electron chi connectivity index (χ4n) is 3.66. The number of carbonyl (C=O) groups is 1. The summed E-state index contributed by atoms with van der Waals surface area (Å²) in [5.41, 5.74) is 2.50. The van der Waals surface area contributed by atoms with Gasteiger partial charge in [-0.25, -0.2) is 0 Å². The van der Waals surface area contributed by atoms with Gasteiger partial charge >= 0.3 is 5.91 Å². The number of rotatable bonds is 8. The fraction of sp³-hybridized carbons (Fsp3) is 0.333. The number of azo groups is 1. The average molecular weight is 466 g/mol. The maximum absolute atomic E-state index is 12.2. The molecular formula is C24H27N5O5. The Balaban J connectivity index is 1.43. The van der Waals surface area contributed by atoms with Crippen molar-refractivity contribution in [1.82, 2.24) is 9.47 Å².